The Morgan fingerprint density at radius 3 is 2.56 bits per heavy atom. The number of esters is 1. The van der Waals surface area contributed by atoms with Crippen molar-refractivity contribution in [1.29, 1.82) is 0 Å². The smallest absolute Gasteiger partial charge is 0.306 e. The van der Waals surface area contributed by atoms with Crippen LogP contribution in [0.25, 0.3) is 0 Å². The Balaban J connectivity index is 2.12. The zero-order valence-electron chi connectivity index (χ0n) is 9.87. The number of ether oxygens (including phenoxy) is 2. The minimum Gasteiger partial charge on any atom is -0.466 e. The predicted octanol–water partition coefficient (Wildman–Crippen LogP) is 1.72. The van der Waals surface area contributed by atoms with Gasteiger partial charge < -0.3 is 9.47 Å². The van der Waals surface area contributed by atoms with Crippen molar-refractivity contribution in [2.75, 3.05) is 19.8 Å². The quantitative estimate of drug-likeness (QED) is 0.649. The van der Waals surface area contributed by atoms with Crippen LogP contribution < -0.4 is 0 Å². The van der Waals surface area contributed by atoms with Crippen LogP contribution >= 0.6 is 0 Å². The van der Waals surface area contributed by atoms with Gasteiger partial charge in [0.25, 0.3) is 0 Å². The number of carbonyl (C=O) groups excluding carboxylic acids is 2. The molecule has 1 fully saturated rings. The van der Waals surface area contributed by atoms with Crippen LogP contribution in [0.2, 0.25) is 0 Å². The van der Waals surface area contributed by atoms with E-state index in [0.717, 1.165) is 26.1 Å². The lowest BCUT2D eigenvalue weighted by Crippen LogP contribution is -2.19. The first-order valence-corrected chi connectivity index (χ1v) is 5.97. The van der Waals surface area contributed by atoms with Crippen molar-refractivity contribution < 1.29 is 19.1 Å². The molecule has 1 saturated heterocycles. The Labute approximate surface area is 96.3 Å². The Bertz CT molecular complexity index is 231. The number of rotatable bonds is 6. The molecule has 4 nitrogen and oxygen atoms in total. The second-order valence-electron chi connectivity index (χ2n) is 4.10. The van der Waals surface area contributed by atoms with Gasteiger partial charge in [-0.05, 0) is 25.7 Å². The maximum absolute atomic E-state index is 11.6. The molecular weight excluding hydrogens is 208 g/mol. The maximum atomic E-state index is 11.6. The van der Waals surface area contributed by atoms with Crippen LogP contribution in [0.1, 0.15) is 39.0 Å². The molecule has 0 aromatic heterocycles. The lowest BCUT2D eigenvalue weighted by molar-refractivity contribution is -0.144. The third-order valence-electron chi connectivity index (χ3n) is 2.77. The van der Waals surface area contributed by atoms with Gasteiger partial charge in [-0.15, -0.1) is 0 Å². The van der Waals surface area contributed by atoms with Gasteiger partial charge in [-0.25, -0.2) is 0 Å². The van der Waals surface area contributed by atoms with E-state index in [9.17, 15) is 9.59 Å². The van der Waals surface area contributed by atoms with Gasteiger partial charge in [0.05, 0.1) is 13.0 Å². The molecule has 0 spiro atoms. The summed E-state index contributed by atoms with van der Waals surface area (Å²) in [5.74, 6) is 0.339. The highest BCUT2D eigenvalue weighted by atomic mass is 16.5. The molecule has 4 heteroatoms. The lowest BCUT2D eigenvalue weighted by atomic mass is 9.93. The summed E-state index contributed by atoms with van der Waals surface area (Å²) >= 11 is 0. The highest BCUT2D eigenvalue weighted by Crippen LogP contribution is 2.19. The van der Waals surface area contributed by atoms with Crippen LogP contribution in [0.4, 0.5) is 0 Å². The van der Waals surface area contributed by atoms with Gasteiger partial charge in [0, 0.05) is 26.1 Å². The summed E-state index contributed by atoms with van der Waals surface area (Å²) in [4.78, 5) is 22.6. The van der Waals surface area contributed by atoms with Gasteiger partial charge in [-0.3, -0.25) is 9.59 Å². The third-order valence-corrected chi connectivity index (χ3v) is 2.77. The maximum Gasteiger partial charge on any atom is 0.306 e. The monoisotopic (exact) mass is 228 g/mol. The Morgan fingerprint density at radius 1 is 1.25 bits per heavy atom. The fraction of sp³-hybridized carbons (Fsp3) is 0.833. The van der Waals surface area contributed by atoms with Crippen molar-refractivity contribution in [3.63, 3.8) is 0 Å². The predicted molar refractivity (Wildman–Crippen MR) is 59.0 cm³/mol. The standard InChI is InChI=1S/C12H20O4/c1-2-16-12(14)4-3-11(13)9-10-5-7-15-8-6-10/h10H,2-9H2,1H3. The molecule has 1 aliphatic heterocycles. The van der Waals surface area contributed by atoms with Crippen molar-refractivity contribution in [2.45, 2.75) is 39.0 Å². The van der Waals surface area contributed by atoms with Crippen molar-refractivity contribution >= 4 is 11.8 Å². The highest BCUT2D eigenvalue weighted by Gasteiger charge is 2.17. The number of hydrogen-bond acceptors (Lipinski definition) is 4. The van der Waals surface area contributed by atoms with E-state index < -0.39 is 0 Å². The summed E-state index contributed by atoms with van der Waals surface area (Å²) < 4.78 is 10.00. The fourth-order valence-corrected chi connectivity index (χ4v) is 1.85. The summed E-state index contributed by atoms with van der Waals surface area (Å²) in [6.45, 7) is 3.67. The summed E-state index contributed by atoms with van der Waals surface area (Å²) in [6, 6.07) is 0. The SMILES string of the molecule is CCOC(=O)CCC(=O)CC1CCOCC1. The van der Waals surface area contributed by atoms with Gasteiger partial charge in [0.15, 0.2) is 0 Å². The van der Waals surface area contributed by atoms with Crippen LogP contribution in [-0.2, 0) is 19.1 Å². The lowest BCUT2D eigenvalue weighted by Gasteiger charge is -2.21. The van der Waals surface area contributed by atoms with E-state index in [0.29, 0.717) is 25.4 Å². The van der Waals surface area contributed by atoms with E-state index in [1.807, 2.05) is 0 Å². The van der Waals surface area contributed by atoms with Gasteiger partial charge in [-0.1, -0.05) is 0 Å². The molecule has 0 bridgehead atoms. The molecule has 1 rings (SSSR count). The van der Waals surface area contributed by atoms with Crippen molar-refractivity contribution in [2.24, 2.45) is 5.92 Å². The summed E-state index contributed by atoms with van der Waals surface area (Å²) in [5.41, 5.74) is 0. The number of carbonyl (C=O) groups is 2. The minimum absolute atomic E-state index is 0.167. The largest absolute Gasteiger partial charge is 0.466 e. The molecule has 0 aromatic carbocycles. The highest BCUT2D eigenvalue weighted by molar-refractivity contribution is 5.83. The van der Waals surface area contributed by atoms with Crippen LogP contribution in [0.15, 0.2) is 0 Å². The average Bonchev–Trinajstić information content (AvgIpc) is 2.28. The molecule has 0 saturated carbocycles. The molecule has 1 heterocycles. The molecule has 0 N–H and O–H groups in total. The first-order chi connectivity index (χ1) is 7.72. The first-order valence-electron chi connectivity index (χ1n) is 5.97. The molecule has 0 radical (unpaired) electrons. The summed E-state index contributed by atoms with van der Waals surface area (Å²) in [5, 5.41) is 0. The number of Topliss-reactive ketones (excluding diaryl/α,β-unsaturated/α-hetero) is 1. The zero-order valence-corrected chi connectivity index (χ0v) is 9.87. The molecule has 1 aliphatic rings. The normalized spacial score (nSPS) is 17.1. The van der Waals surface area contributed by atoms with Crippen LogP contribution in [-0.4, -0.2) is 31.6 Å². The second-order valence-corrected chi connectivity index (χ2v) is 4.10. The molecule has 0 aliphatic carbocycles. The van der Waals surface area contributed by atoms with E-state index in [2.05, 4.69) is 0 Å². The number of ketones is 1. The van der Waals surface area contributed by atoms with Crippen LogP contribution in [0, 0.1) is 5.92 Å². The van der Waals surface area contributed by atoms with Crippen LogP contribution in [0.5, 0.6) is 0 Å². The second kappa shape index (κ2) is 7.39. The van der Waals surface area contributed by atoms with Gasteiger partial charge in [0.1, 0.15) is 5.78 Å². The molecule has 0 aromatic rings. The average molecular weight is 228 g/mol. The molecule has 0 atom stereocenters. The van der Waals surface area contributed by atoms with E-state index in [-0.39, 0.29) is 18.2 Å². The van der Waals surface area contributed by atoms with Crippen LogP contribution in [0.3, 0.4) is 0 Å². The Morgan fingerprint density at radius 2 is 1.94 bits per heavy atom. The minimum atomic E-state index is -0.275. The van der Waals surface area contributed by atoms with Crippen molar-refractivity contribution in [3.05, 3.63) is 0 Å². The molecule has 0 unspecified atom stereocenters. The van der Waals surface area contributed by atoms with Crippen molar-refractivity contribution in [1.82, 2.24) is 0 Å². The van der Waals surface area contributed by atoms with Gasteiger partial charge in [-0.2, -0.15) is 0 Å². The first kappa shape index (κ1) is 13.2. The Kier molecular flexibility index (Phi) is 6.08. The summed E-state index contributed by atoms with van der Waals surface area (Å²) in [6.07, 6.45) is 3.05. The van der Waals surface area contributed by atoms with E-state index in [1.165, 1.54) is 0 Å². The fourth-order valence-electron chi connectivity index (χ4n) is 1.85. The van der Waals surface area contributed by atoms with Crippen molar-refractivity contribution in [3.8, 4) is 0 Å². The summed E-state index contributed by atoms with van der Waals surface area (Å²) in [7, 11) is 0. The molecule has 16 heavy (non-hydrogen) atoms. The van der Waals surface area contributed by atoms with E-state index >= 15 is 0 Å². The molecule has 0 amide bonds. The zero-order chi connectivity index (χ0) is 11.8. The Hall–Kier alpha value is -0.900. The van der Waals surface area contributed by atoms with Gasteiger partial charge in [0.2, 0.25) is 0 Å². The molecule has 92 valence electrons. The molecular formula is C12H20O4. The topological polar surface area (TPSA) is 52.6 Å². The third kappa shape index (κ3) is 5.26. The van der Waals surface area contributed by atoms with E-state index in [1.54, 1.807) is 6.92 Å². The number of hydrogen-bond donors (Lipinski definition) is 0. The van der Waals surface area contributed by atoms with E-state index in [4.69, 9.17) is 9.47 Å². The van der Waals surface area contributed by atoms with Gasteiger partial charge >= 0.3 is 5.97 Å².